The van der Waals surface area contributed by atoms with Gasteiger partial charge in [0, 0.05) is 6.20 Å². The minimum Gasteiger partial charge on any atom is -0.506 e. The Labute approximate surface area is 75.0 Å². The highest BCUT2D eigenvalue weighted by Crippen LogP contribution is 2.39. The summed E-state index contributed by atoms with van der Waals surface area (Å²) in [5, 5.41) is 8.78. The zero-order valence-corrected chi connectivity index (χ0v) is 6.52. The lowest BCUT2D eigenvalue weighted by atomic mass is 10.1. The molecule has 0 saturated heterocycles. The number of pyridine rings is 1. The first-order chi connectivity index (χ1) is 6.34. The number of hydrogen-bond acceptors (Lipinski definition) is 2. The molecule has 0 aliphatic carbocycles. The Morgan fingerprint density at radius 2 is 1.79 bits per heavy atom. The fraction of sp³-hybridized carbons (Fsp3) is 0.286. The second kappa shape index (κ2) is 3.39. The van der Waals surface area contributed by atoms with Crippen LogP contribution in [0.1, 0.15) is 17.6 Å². The van der Waals surface area contributed by atoms with Crippen LogP contribution in [-0.4, -0.2) is 10.1 Å². The lowest BCUT2D eigenvalue weighted by Gasteiger charge is -2.12. The maximum absolute atomic E-state index is 12.1. The van der Waals surface area contributed by atoms with Crippen LogP contribution in [0, 0.1) is 0 Å². The summed E-state index contributed by atoms with van der Waals surface area (Å²) in [5.41, 5.74) is -3.06. The van der Waals surface area contributed by atoms with Crippen molar-refractivity contribution in [2.45, 2.75) is 12.6 Å². The molecule has 0 unspecified atom stereocenters. The molecule has 1 heterocycles. The highest BCUT2D eigenvalue weighted by atomic mass is 19.4. The standard InChI is InChI=1S/C7H4F5NO/c8-6(9)5-3(7(10,11)12)1-13-2-4(5)14/h1-2,6,14H. The Morgan fingerprint density at radius 1 is 1.21 bits per heavy atom. The van der Waals surface area contributed by atoms with E-state index in [4.69, 9.17) is 5.11 Å². The van der Waals surface area contributed by atoms with Gasteiger partial charge in [-0.3, -0.25) is 4.98 Å². The molecule has 1 N–H and O–H groups in total. The summed E-state index contributed by atoms with van der Waals surface area (Å²) < 4.78 is 60.6. The molecule has 0 saturated carbocycles. The number of nitrogens with zero attached hydrogens (tertiary/aromatic N) is 1. The van der Waals surface area contributed by atoms with Gasteiger partial charge < -0.3 is 5.11 Å². The summed E-state index contributed by atoms with van der Waals surface area (Å²) in [4.78, 5) is 2.99. The van der Waals surface area contributed by atoms with Gasteiger partial charge in [0.2, 0.25) is 0 Å². The molecule has 0 aliphatic rings. The van der Waals surface area contributed by atoms with Crippen molar-refractivity contribution < 1.29 is 27.1 Å². The van der Waals surface area contributed by atoms with E-state index in [-0.39, 0.29) is 6.20 Å². The highest BCUT2D eigenvalue weighted by Gasteiger charge is 2.37. The van der Waals surface area contributed by atoms with E-state index in [0.717, 1.165) is 0 Å². The van der Waals surface area contributed by atoms with E-state index < -0.39 is 29.5 Å². The maximum Gasteiger partial charge on any atom is 0.418 e. The summed E-state index contributed by atoms with van der Waals surface area (Å²) in [6.45, 7) is 0. The Morgan fingerprint density at radius 3 is 2.14 bits per heavy atom. The van der Waals surface area contributed by atoms with Crippen LogP contribution in [0.3, 0.4) is 0 Å². The third kappa shape index (κ3) is 1.91. The molecule has 78 valence electrons. The fourth-order valence-electron chi connectivity index (χ4n) is 0.915. The molecule has 14 heavy (non-hydrogen) atoms. The lowest BCUT2D eigenvalue weighted by Crippen LogP contribution is -2.10. The van der Waals surface area contributed by atoms with Crippen LogP contribution in [0.5, 0.6) is 5.75 Å². The van der Waals surface area contributed by atoms with E-state index in [9.17, 15) is 22.0 Å². The molecule has 0 fully saturated rings. The molecule has 0 spiro atoms. The summed E-state index contributed by atoms with van der Waals surface area (Å²) in [5.74, 6) is -1.16. The van der Waals surface area contributed by atoms with Crippen LogP contribution >= 0.6 is 0 Å². The van der Waals surface area contributed by atoms with Gasteiger partial charge in [-0.05, 0) is 0 Å². The number of hydrogen-bond donors (Lipinski definition) is 1. The fourth-order valence-corrected chi connectivity index (χ4v) is 0.915. The average Bonchev–Trinajstić information content (AvgIpc) is 2.01. The molecular weight excluding hydrogens is 209 g/mol. The van der Waals surface area contributed by atoms with Gasteiger partial charge in [0.25, 0.3) is 6.43 Å². The van der Waals surface area contributed by atoms with Crippen molar-refractivity contribution in [3.05, 3.63) is 23.5 Å². The van der Waals surface area contributed by atoms with Gasteiger partial charge >= 0.3 is 6.18 Å². The van der Waals surface area contributed by atoms with Crippen molar-refractivity contribution >= 4 is 0 Å². The first kappa shape index (κ1) is 10.7. The molecule has 1 aromatic rings. The van der Waals surface area contributed by atoms with E-state index in [1.165, 1.54) is 0 Å². The average molecular weight is 213 g/mol. The quantitative estimate of drug-likeness (QED) is 0.727. The van der Waals surface area contributed by atoms with Crippen LogP contribution in [0.15, 0.2) is 12.4 Å². The van der Waals surface area contributed by atoms with Gasteiger partial charge in [0.1, 0.15) is 5.75 Å². The summed E-state index contributed by atoms with van der Waals surface area (Å²) in [6, 6.07) is 0. The number of aromatic hydroxyl groups is 1. The first-order valence-corrected chi connectivity index (χ1v) is 3.36. The van der Waals surface area contributed by atoms with E-state index in [0.29, 0.717) is 6.20 Å². The number of rotatable bonds is 1. The monoisotopic (exact) mass is 213 g/mol. The van der Waals surface area contributed by atoms with Crippen molar-refractivity contribution in [2.75, 3.05) is 0 Å². The van der Waals surface area contributed by atoms with Gasteiger partial charge in [0.15, 0.2) is 0 Å². The van der Waals surface area contributed by atoms with Crippen molar-refractivity contribution in [2.24, 2.45) is 0 Å². The smallest absolute Gasteiger partial charge is 0.418 e. The third-order valence-corrected chi connectivity index (χ3v) is 1.49. The number of alkyl halides is 5. The number of halogens is 5. The summed E-state index contributed by atoms with van der Waals surface area (Å²) in [6.07, 6.45) is -7.55. The van der Waals surface area contributed by atoms with E-state index >= 15 is 0 Å². The van der Waals surface area contributed by atoms with Gasteiger partial charge in [-0.25, -0.2) is 8.78 Å². The molecule has 0 aromatic carbocycles. The summed E-state index contributed by atoms with van der Waals surface area (Å²) in [7, 11) is 0. The predicted octanol–water partition coefficient (Wildman–Crippen LogP) is 2.74. The topological polar surface area (TPSA) is 33.1 Å². The van der Waals surface area contributed by atoms with Crippen LogP contribution in [0.25, 0.3) is 0 Å². The predicted molar refractivity (Wildman–Crippen MR) is 35.9 cm³/mol. The van der Waals surface area contributed by atoms with Gasteiger partial charge in [-0.1, -0.05) is 0 Å². The second-order valence-corrected chi connectivity index (χ2v) is 2.42. The molecule has 0 radical (unpaired) electrons. The molecular formula is C7H4F5NO. The van der Waals surface area contributed by atoms with Crippen LogP contribution in [0.2, 0.25) is 0 Å². The van der Waals surface area contributed by atoms with E-state index in [1.807, 2.05) is 0 Å². The Kier molecular flexibility index (Phi) is 2.59. The normalized spacial score (nSPS) is 12.1. The van der Waals surface area contributed by atoms with Crippen molar-refractivity contribution in [1.82, 2.24) is 4.98 Å². The van der Waals surface area contributed by atoms with E-state index in [2.05, 4.69) is 4.98 Å². The third-order valence-electron chi connectivity index (χ3n) is 1.49. The van der Waals surface area contributed by atoms with Crippen molar-refractivity contribution in [3.63, 3.8) is 0 Å². The first-order valence-electron chi connectivity index (χ1n) is 3.36. The molecule has 1 aromatic heterocycles. The molecule has 2 nitrogen and oxygen atoms in total. The Balaban J connectivity index is 3.36. The summed E-state index contributed by atoms with van der Waals surface area (Å²) >= 11 is 0. The second-order valence-electron chi connectivity index (χ2n) is 2.42. The molecule has 0 aliphatic heterocycles. The zero-order chi connectivity index (χ0) is 10.9. The van der Waals surface area contributed by atoms with Crippen LogP contribution in [-0.2, 0) is 6.18 Å². The van der Waals surface area contributed by atoms with Gasteiger partial charge in [-0.2, -0.15) is 13.2 Å². The number of aromatic nitrogens is 1. The molecule has 0 bridgehead atoms. The van der Waals surface area contributed by atoms with Crippen LogP contribution < -0.4 is 0 Å². The molecule has 1 rings (SSSR count). The Hall–Kier alpha value is -1.40. The SMILES string of the molecule is Oc1cncc(C(F)(F)F)c1C(F)F. The van der Waals surface area contributed by atoms with Gasteiger partial charge in [-0.15, -0.1) is 0 Å². The molecule has 7 heteroatoms. The maximum atomic E-state index is 12.1. The van der Waals surface area contributed by atoms with Crippen molar-refractivity contribution in [3.8, 4) is 5.75 Å². The van der Waals surface area contributed by atoms with Gasteiger partial charge in [0.05, 0.1) is 17.3 Å². The lowest BCUT2D eigenvalue weighted by molar-refractivity contribution is -0.140. The largest absolute Gasteiger partial charge is 0.506 e. The van der Waals surface area contributed by atoms with Crippen molar-refractivity contribution in [1.29, 1.82) is 0 Å². The Bertz CT molecular complexity index is 335. The highest BCUT2D eigenvalue weighted by molar-refractivity contribution is 5.38. The minimum atomic E-state index is -4.95. The molecule has 0 amide bonds. The van der Waals surface area contributed by atoms with Crippen LogP contribution in [0.4, 0.5) is 22.0 Å². The minimum absolute atomic E-state index is 0.251. The van der Waals surface area contributed by atoms with E-state index in [1.54, 1.807) is 0 Å². The zero-order valence-electron chi connectivity index (χ0n) is 6.52. The molecule has 0 atom stereocenters.